The molecule has 0 spiro atoms. The van der Waals surface area contributed by atoms with Gasteiger partial charge in [-0.25, -0.2) is 4.98 Å². The first-order valence-corrected chi connectivity index (χ1v) is 6.44. The maximum Gasteiger partial charge on any atom is 0.317 e. The lowest BCUT2D eigenvalue weighted by Crippen LogP contribution is -2.21. The van der Waals surface area contributed by atoms with E-state index in [1.54, 1.807) is 0 Å². The fraction of sp³-hybridized carbons (Fsp3) is 0.692. The van der Waals surface area contributed by atoms with E-state index in [0.717, 1.165) is 24.2 Å². The molecule has 2 saturated carbocycles. The van der Waals surface area contributed by atoms with Crippen LogP contribution in [0, 0.1) is 6.92 Å². The van der Waals surface area contributed by atoms with E-state index in [2.05, 4.69) is 9.97 Å². The van der Waals surface area contributed by atoms with E-state index in [1.807, 2.05) is 6.92 Å². The number of aromatic nitrogens is 2. The summed E-state index contributed by atoms with van der Waals surface area (Å²) in [5.41, 5.74) is 1.49. The van der Waals surface area contributed by atoms with E-state index in [1.165, 1.54) is 25.7 Å². The number of H-pyrrole nitrogens is 1. The normalized spacial score (nSPS) is 22.9. The zero-order chi connectivity index (χ0) is 12.0. The fourth-order valence-corrected chi connectivity index (χ4v) is 2.97. The number of rotatable bonds is 3. The van der Waals surface area contributed by atoms with Crippen LogP contribution in [0.2, 0.25) is 0 Å². The standard InChI is InChI=1S/C13H18N2O2/c1-8-10(9-4-2-3-5-9)15-11(14-8)13(6-7-13)12(16)17/h9H,2-7H2,1H3,(H,14,15)(H,16,17). The molecule has 4 heteroatoms. The smallest absolute Gasteiger partial charge is 0.317 e. The van der Waals surface area contributed by atoms with Crippen molar-refractivity contribution in [3.63, 3.8) is 0 Å². The quantitative estimate of drug-likeness (QED) is 0.844. The summed E-state index contributed by atoms with van der Waals surface area (Å²) in [6.07, 6.45) is 6.39. The van der Waals surface area contributed by atoms with Crippen molar-refractivity contribution in [2.45, 2.75) is 56.8 Å². The van der Waals surface area contributed by atoms with Crippen molar-refractivity contribution in [1.82, 2.24) is 9.97 Å². The largest absolute Gasteiger partial charge is 0.480 e. The lowest BCUT2D eigenvalue weighted by Gasteiger charge is -2.06. The molecule has 2 N–H and O–H groups in total. The van der Waals surface area contributed by atoms with E-state index in [4.69, 9.17) is 0 Å². The van der Waals surface area contributed by atoms with Crippen LogP contribution in [0.5, 0.6) is 0 Å². The van der Waals surface area contributed by atoms with Gasteiger partial charge in [0.05, 0.1) is 5.69 Å². The van der Waals surface area contributed by atoms with Gasteiger partial charge in [-0.2, -0.15) is 0 Å². The molecule has 0 radical (unpaired) electrons. The van der Waals surface area contributed by atoms with Gasteiger partial charge in [0.1, 0.15) is 11.2 Å². The number of imidazole rings is 1. The van der Waals surface area contributed by atoms with Crippen LogP contribution < -0.4 is 0 Å². The number of carboxylic acids is 1. The summed E-state index contributed by atoms with van der Waals surface area (Å²) in [5, 5.41) is 9.26. The average molecular weight is 234 g/mol. The van der Waals surface area contributed by atoms with Gasteiger partial charge in [-0.15, -0.1) is 0 Å². The van der Waals surface area contributed by atoms with Crippen molar-refractivity contribution in [2.75, 3.05) is 0 Å². The molecule has 0 bridgehead atoms. The first-order chi connectivity index (χ1) is 8.13. The Hall–Kier alpha value is -1.32. The van der Waals surface area contributed by atoms with E-state index >= 15 is 0 Å². The molecule has 92 valence electrons. The summed E-state index contributed by atoms with van der Waals surface area (Å²) in [6.45, 7) is 2.02. The molecule has 0 aromatic carbocycles. The van der Waals surface area contributed by atoms with Crippen molar-refractivity contribution in [3.8, 4) is 0 Å². The van der Waals surface area contributed by atoms with Crippen LogP contribution in [-0.2, 0) is 10.2 Å². The Morgan fingerprint density at radius 1 is 1.41 bits per heavy atom. The summed E-state index contributed by atoms with van der Waals surface area (Å²) >= 11 is 0. The zero-order valence-electron chi connectivity index (χ0n) is 10.1. The van der Waals surface area contributed by atoms with Gasteiger partial charge in [0.25, 0.3) is 0 Å². The maximum absolute atomic E-state index is 11.3. The van der Waals surface area contributed by atoms with E-state index in [0.29, 0.717) is 11.7 Å². The second-order valence-electron chi connectivity index (χ2n) is 5.46. The van der Waals surface area contributed by atoms with Crippen molar-refractivity contribution in [2.24, 2.45) is 0 Å². The van der Waals surface area contributed by atoms with E-state index in [9.17, 15) is 9.90 Å². The molecule has 1 aromatic heterocycles. The van der Waals surface area contributed by atoms with Crippen molar-refractivity contribution >= 4 is 5.97 Å². The highest BCUT2D eigenvalue weighted by Crippen LogP contribution is 2.48. The minimum absolute atomic E-state index is 0.546. The SMILES string of the molecule is Cc1[nH]c(C2(C(=O)O)CC2)nc1C1CCCC1. The molecule has 0 amide bonds. The number of carbonyl (C=O) groups is 1. The van der Waals surface area contributed by atoms with Crippen LogP contribution in [0.25, 0.3) is 0 Å². The lowest BCUT2D eigenvalue weighted by molar-refractivity contribution is -0.140. The number of nitrogens with one attached hydrogen (secondary N) is 1. The first kappa shape index (κ1) is 10.8. The highest BCUT2D eigenvalue weighted by Gasteiger charge is 2.54. The monoisotopic (exact) mass is 234 g/mol. The van der Waals surface area contributed by atoms with Crippen LogP contribution in [0.15, 0.2) is 0 Å². The number of nitrogens with zero attached hydrogens (tertiary/aromatic N) is 1. The van der Waals surface area contributed by atoms with Crippen LogP contribution in [0.4, 0.5) is 0 Å². The first-order valence-electron chi connectivity index (χ1n) is 6.44. The second-order valence-corrected chi connectivity index (χ2v) is 5.46. The molecule has 0 aliphatic heterocycles. The molecule has 2 aliphatic rings. The summed E-state index contributed by atoms with van der Waals surface area (Å²) in [6, 6.07) is 0. The van der Waals surface area contributed by atoms with E-state index in [-0.39, 0.29) is 0 Å². The molecule has 0 unspecified atom stereocenters. The summed E-state index contributed by atoms with van der Waals surface area (Å²) in [5.74, 6) is 0.498. The Morgan fingerprint density at radius 3 is 2.59 bits per heavy atom. The Balaban J connectivity index is 1.93. The molecule has 3 rings (SSSR count). The second kappa shape index (κ2) is 3.59. The summed E-state index contributed by atoms with van der Waals surface area (Å²) in [4.78, 5) is 19.1. The van der Waals surface area contributed by atoms with Gasteiger partial charge < -0.3 is 10.1 Å². The van der Waals surface area contributed by atoms with Crippen molar-refractivity contribution in [3.05, 3.63) is 17.2 Å². The molecule has 2 fully saturated rings. The molecule has 1 aromatic rings. The Kier molecular flexibility index (Phi) is 2.28. The molecule has 4 nitrogen and oxygen atoms in total. The Bertz CT molecular complexity index is 454. The van der Waals surface area contributed by atoms with Gasteiger partial charge in [-0.1, -0.05) is 12.8 Å². The van der Waals surface area contributed by atoms with Crippen molar-refractivity contribution < 1.29 is 9.90 Å². The summed E-state index contributed by atoms with van der Waals surface area (Å²) in [7, 11) is 0. The molecule has 2 aliphatic carbocycles. The Morgan fingerprint density at radius 2 is 2.06 bits per heavy atom. The molecule has 0 saturated heterocycles. The zero-order valence-corrected chi connectivity index (χ0v) is 10.1. The number of aromatic amines is 1. The molecule has 1 heterocycles. The number of aliphatic carboxylic acids is 1. The Labute approximate surface area is 100 Å². The minimum atomic E-state index is -0.732. The van der Waals surface area contributed by atoms with Crippen LogP contribution in [-0.4, -0.2) is 21.0 Å². The molecular weight excluding hydrogens is 216 g/mol. The third-order valence-corrected chi connectivity index (χ3v) is 4.28. The maximum atomic E-state index is 11.3. The van der Waals surface area contributed by atoms with Gasteiger partial charge >= 0.3 is 5.97 Å². The predicted octanol–water partition coefficient (Wildman–Crippen LogP) is 2.49. The molecule has 0 atom stereocenters. The third kappa shape index (κ3) is 1.58. The predicted molar refractivity (Wildman–Crippen MR) is 63.1 cm³/mol. The number of hydrogen-bond acceptors (Lipinski definition) is 2. The highest BCUT2D eigenvalue weighted by atomic mass is 16.4. The third-order valence-electron chi connectivity index (χ3n) is 4.28. The van der Waals surface area contributed by atoms with Gasteiger partial charge in [0.15, 0.2) is 0 Å². The fourth-order valence-electron chi connectivity index (χ4n) is 2.97. The van der Waals surface area contributed by atoms with Crippen molar-refractivity contribution in [1.29, 1.82) is 0 Å². The summed E-state index contributed by atoms with van der Waals surface area (Å²) < 4.78 is 0. The van der Waals surface area contributed by atoms with E-state index < -0.39 is 11.4 Å². The van der Waals surface area contributed by atoms with Gasteiger partial charge in [0.2, 0.25) is 0 Å². The number of aryl methyl sites for hydroxylation is 1. The van der Waals surface area contributed by atoms with Crippen LogP contribution in [0.1, 0.15) is 61.7 Å². The van der Waals surface area contributed by atoms with Gasteiger partial charge in [0, 0.05) is 11.6 Å². The lowest BCUT2D eigenvalue weighted by atomic mass is 10.0. The van der Waals surface area contributed by atoms with Gasteiger partial charge in [-0.05, 0) is 32.6 Å². The molecule has 17 heavy (non-hydrogen) atoms. The molecular formula is C13H18N2O2. The highest BCUT2D eigenvalue weighted by molar-refractivity contribution is 5.83. The van der Waals surface area contributed by atoms with Gasteiger partial charge in [-0.3, -0.25) is 4.79 Å². The number of carboxylic acid groups (broad SMARTS) is 1. The minimum Gasteiger partial charge on any atom is -0.480 e. The number of hydrogen-bond donors (Lipinski definition) is 2. The average Bonchev–Trinajstić information content (AvgIpc) is 2.76. The van der Waals surface area contributed by atoms with Crippen LogP contribution >= 0.6 is 0 Å². The topological polar surface area (TPSA) is 66.0 Å². The van der Waals surface area contributed by atoms with Crippen LogP contribution in [0.3, 0.4) is 0 Å².